The zero-order valence-electron chi connectivity index (χ0n) is 13.4. The van der Waals surface area contributed by atoms with E-state index in [2.05, 4.69) is 4.98 Å². The van der Waals surface area contributed by atoms with E-state index < -0.39 is 5.97 Å². The van der Waals surface area contributed by atoms with Gasteiger partial charge in [0.25, 0.3) is 5.56 Å². The van der Waals surface area contributed by atoms with Crippen LogP contribution >= 0.6 is 0 Å². The molecular formula is C17H15N3O5. The molecule has 0 aliphatic carbocycles. The summed E-state index contributed by atoms with van der Waals surface area (Å²) in [4.78, 5) is 29.4. The Morgan fingerprint density at radius 2 is 2.20 bits per heavy atom. The lowest BCUT2D eigenvalue weighted by Gasteiger charge is -2.30. The van der Waals surface area contributed by atoms with Gasteiger partial charge in [0.05, 0.1) is 24.0 Å². The Bertz CT molecular complexity index is 1040. The maximum absolute atomic E-state index is 12.1. The van der Waals surface area contributed by atoms with Gasteiger partial charge in [-0.3, -0.25) is 4.79 Å². The second kappa shape index (κ2) is 5.66. The summed E-state index contributed by atoms with van der Waals surface area (Å²) in [7, 11) is 0. The summed E-state index contributed by atoms with van der Waals surface area (Å²) in [5.41, 5.74) is 1.21. The molecular weight excluding hydrogens is 326 g/mol. The summed E-state index contributed by atoms with van der Waals surface area (Å²) in [6, 6.07) is 6.79. The molecule has 4 rings (SSSR count). The fourth-order valence-corrected chi connectivity index (χ4v) is 2.90. The predicted molar refractivity (Wildman–Crippen MR) is 89.8 cm³/mol. The highest BCUT2D eigenvalue weighted by molar-refractivity contribution is 5.89. The molecule has 0 radical (unpaired) electrons. The highest BCUT2D eigenvalue weighted by Gasteiger charge is 2.23. The van der Waals surface area contributed by atoms with Gasteiger partial charge in [0.2, 0.25) is 0 Å². The maximum Gasteiger partial charge on any atom is 0.337 e. The molecule has 0 saturated carbocycles. The molecule has 0 spiro atoms. The van der Waals surface area contributed by atoms with E-state index in [1.165, 1.54) is 17.0 Å². The third-order valence-electron chi connectivity index (χ3n) is 4.14. The van der Waals surface area contributed by atoms with Crippen molar-refractivity contribution in [2.24, 2.45) is 0 Å². The first-order chi connectivity index (χ1) is 12.1. The van der Waals surface area contributed by atoms with Crippen molar-refractivity contribution in [2.45, 2.75) is 13.5 Å². The lowest BCUT2D eigenvalue weighted by molar-refractivity contribution is 0.0696. The number of pyridine rings is 1. The Morgan fingerprint density at radius 3 is 2.96 bits per heavy atom. The number of rotatable bonds is 3. The summed E-state index contributed by atoms with van der Waals surface area (Å²) in [5, 5.41) is 9.61. The summed E-state index contributed by atoms with van der Waals surface area (Å²) < 4.78 is 12.4. The van der Waals surface area contributed by atoms with Gasteiger partial charge in [0.15, 0.2) is 17.2 Å². The van der Waals surface area contributed by atoms with Crippen LogP contribution in [0.25, 0.3) is 11.0 Å². The molecule has 8 heteroatoms. The lowest BCUT2D eigenvalue weighted by atomic mass is 10.2. The zero-order chi connectivity index (χ0) is 17.6. The van der Waals surface area contributed by atoms with Crippen LogP contribution in [0.15, 0.2) is 39.8 Å². The highest BCUT2D eigenvalue weighted by atomic mass is 16.5. The minimum absolute atomic E-state index is 0.0714. The van der Waals surface area contributed by atoms with Gasteiger partial charge in [-0.15, -0.1) is 0 Å². The molecule has 1 N–H and O–H groups in total. The Hall–Kier alpha value is -3.29. The first-order valence-corrected chi connectivity index (χ1v) is 7.86. The number of hydrogen-bond donors (Lipinski definition) is 1. The molecule has 0 atom stereocenters. The van der Waals surface area contributed by atoms with E-state index in [0.717, 1.165) is 5.69 Å². The number of fused-ring (bicyclic) bond motifs is 2. The van der Waals surface area contributed by atoms with Crippen molar-refractivity contribution in [1.29, 1.82) is 0 Å². The van der Waals surface area contributed by atoms with E-state index in [1.807, 2.05) is 17.9 Å². The molecule has 0 fully saturated rings. The van der Waals surface area contributed by atoms with Crippen LogP contribution in [0.3, 0.4) is 0 Å². The molecule has 0 unspecified atom stereocenters. The topological polar surface area (TPSA) is 97.8 Å². The number of anilines is 2. The molecule has 0 saturated heterocycles. The quantitative estimate of drug-likeness (QED) is 0.780. The van der Waals surface area contributed by atoms with Gasteiger partial charge in [-0.2, -0.15) is 4.74 Å². The number of aromatic carboxylic acids is 1. The van der Waals surface area contributed by atoms with Crippen LogP contribution in [0.4, 0.5) is 11.5 Å². The largest absolute Gasteiger partial charge is 0.488 e. The van der Waals surface area contributed by atoms with Gasteiger partial charge < -0.3 is 19.3 Å². The van der Waals surface area contributed by atoms with Crippen molar-refractivity contribution in [3.63, 3.8) is 0 Å². The van der Waals surface area contributed by atoms with Gasteiger partial charge in [0, 0.05) is 24.0 Å². The second-order valence-electron chi connectivity index (χ2n) is 5.62. The average molecular weight is 341 g/mol. The predicted octanol–water partition coefficient (Wildman–Crippen LogP) is 2.24. The molecule has 1 aromatic carbocycles. The third-order valence-corrected chi connectivity index (χ3v) is 4.14. The van der Waals surface area contributed by atoms with Crippen molar-refractivity contribution >= 4 is 28.4 Å². The zero-order valence-corrected chi connectivity index (χ0v) is 13.4. The summed E-state index contributed by atoms with van der Waals surface area (Å²) in [6.07, 6.45) is 1.30. The number of nitrogens with zero attached hydrogens (tertiary/aromatic N) is 3. The van der Waals surface area contributed by atoms with Gasteiger partial charge >= 0.3 is 5.97 Å². The highest BCUT2D eigenvalue weighted by Crippen LogP contribution is 2.36. The molecule has 1 aliphatic rings. The van der Waals surface area contributed by atoms with E-state index >= 15 is 0 Å². The van der Waals surface area contributed by atoms with E-state index in [1.54, 1.807) is 12.1 Å². The summed E-state index contributed by atoms with van der Waals surface area (Å²) in [6.45, 7) is 3.25. The summed E-state index contributed by atoms with van der Waals surface area (Å²) in [5.74, 6) is -0.105. The van der Waals surface area contributed by atoms with Crippen molar-refractivity contribution in [3.8, 4) is 5.75 Å². The fourth-order valence-electron chi connectivity index (χ4n) is 2.90. The van der Waals surface area contributed by atoms with Crippen LogP contribution < -0.4 is 15.2 Å². The maximum atomic E-state index is 12.1. The van der Waals surface area contributed by atoms with E-state index in [4.69, 9.17) is 14.4 Å². The number of benzene rings is 1. The molecule has 3 aromatic rings. The SMILES string of the molecule is CCn1oc2cc(N3CCOc4cc(C(=O)O)cnc43)ccc2c1=O. The third kappa shape index (κ3) is 2.42. The Morgan fingerprint density at radius 1 is 1.36 bits per heavy atom. The van der Waals surface area contributed by atoms with E-state index in [0.29, 0.717) is 42.2 Å². The van der Waals surface area contributed by atoms with E-state index in [-0.39, 0.29) is 11.1 Å². The molecule has 2 aromatic heterocycles. The minimum Gasteiger partial charge on any atom is -0.488 e. The average Bonchev–Trinajstić information content (AvgIpc) is 2.96. The van der Waals surface area contributed by atoms with Crippen molar-refractivity contribution in [3.05, 3.63) is 46.4 Å². The number of aryl methyl sites for hydroxylation is 1. The number of aromatic nitrogens is 2. The first kappa shape index (κ1) is 15.3. The Balaban J connectivity index is 1.80. The van der Waals surface area contributed by atoms with Crippen LogP contribution in [0.1, 0.15) is 17.3 Å². The van der Waals surface area contributed by atoms with Crippen molar-refractivity contribution < 1.29 is 19.2 Å². The molecule has 3 heterocycles. The molecule has 0 bridgehead atoms. The van der Waals surface area contributed by atoms with Gasteiger partial charge in [-0.05, 0) is 19.1 Å². The normalized spacial score (nSPS) is 13.6. The minimum atomic E-state index is -1.06. The number of carboxylic acids is 1. The molecule has 25 heavy (non-hydrogen) atoms. The van der Waals surface area contributed by atoms with Crippen molar-refractivity contribution in [2.75, 3.05) is 18.1 Å². The van der Waals surface area contributed by atoms with Crippen LogP contribution in [-0.4, -0.2) is 34.0 Å². The standard InChI is InChI=1S/C17H15N3O5/c1-2-20-16(21)12-4-3-11(8-13(12)25-20)19-5-6-24-14-7-10(17(22)23)9-18-15(14)19/h3-4,7-9H,2,5-6H2,1H3,(H,22,23). The van der Waals surface area contributed by atoms with E-state index in [9.17, 15) is 9.59 Å². The number of ether oxygens (including phenoxy) is 1. The van der Waals surface area contributed by atoms with Crippen LogP contribution in [0.5, 0.6) is 5.75 Å². The monoisotopic (exact) mass is 341 g/mol. The van der Waals surface area contributed by atoms with Crippen LogP contribution in [0.2, 0.25) is 0 Å². The van der Waals surface area contributed by atoms with Gasteiger partial charge in [-0.25, -0.2) is 9.78 Å². The fraction of sp³-hybridized carbons (Fsp3) is 0.235. The molecule has 8 nitrogen and oxygen atoms in total. The lowest BCUT2D eigenvalue weighted by Crippen LogP contribution is -2.29. The smallest absolute Gasteiger partial charge is 0.337 e. The molecule has 1 aliphatic heterocycles. The number of carboxylic acid groups (broad SMARTS) is 1. The molecule has 0 amide bonds. The molecule has 128 valence electrons. The Kier molecular flexibility index (Phi) is 3.45. The van der Waals surface area contributed by atoms with Crippen molar-refractivity contribution in [1.82, 2.24) is 9.72 Å². The van der Waals surface area contributed by atoms with Gasteiger partial charge in [0.1, 0.15) is 6.61 Å². The van der Waals surface area contributed by atoms with Crippen LogP contribution in [0, 0.1) is 0 Å². The second-order valence-corrected chi connectivity index (χ2v) is 5.62. The number of hydrogen-bond acceptors (Lipinski definition) is 6. The van der Waals surface area contributed by atoms with Crippen LogP contribution in [-0.2, 0) is 6.54 Å². The first-order valence-electron chi connectivity index (χ1n) is 7.86. The summed E-state index contributed by atoms with van der Waals surface area (Å²) >= 11 is 0. The Labute approximate surface area is 141 Å². The number of carbonyl (C=O) groups is 1. The van der Waals surface area contributed by atoms with Gasteiger partial charge in [-0.1, -0.05) is 0 Å².